The summed E-state index contributed by atoms with van der Waals surface area (Å²) in [7, 11) is 1.38. The van der Waals surface area contributed by atoms with Gasteiger partial charge in [0, 0.05) is 49.9 Å². The predicted octanol–water partition coefficient (Wildman–Crippen LogP) is -11.9. The van der Waals surface area contributed by atoms with Gasteiger partial charge in [-0.15, -0.1) is 0 Å². The maximum absolute atomic E-state index is 11.8. The Hall–Kier alpha value is -1.40. The van der Waals surface area contributed by atoms with E-state index in [0.29, 0.717) is 6.42 Å². The Morgan fingerprint density at radius 1 is 0.226 bits per heavy atom. The monoisotopic (exact) mass is 1360 g/mol. The zero-order chi connectivity index (χ0) is 68.0. The Morgan fingerprint density at radius 2 is 0.430 bits per heavy atom. The molecule has 0 bridgehead atoms. The van der Waals surface area contributed by atoms with E-state index in [4.69, 9.17) is 66.3 Å². The molecule has 21 N–H and O–H groups in total. The van der Waals surface area contributed by atoms with Crippen LogP contribution in [-0.2, 0) is 66.3 Å². The smallest absolute Gasteiger partial charge is 0.111 e. The summed E-state index contributed by atoms with van der Waals surface area (Å²) in [5.41, 5.74) is 0. The first kappa shape index (κ1) is 78.9. The lowest BCUT2D eigenvalue weighted by atomic mass is 9.84. The summed E-state index contributed by atoms with van der Waals surface area (Å²) in [4.78, 5) is 0. The molecule has 14 unspecified atom stereocenters. The van der Waals surface area contributed by atoms with Crippen molar-refractivity contribution < 1.29 is 174 Å². The van der Waals surface area contributed by atoms with Crippen molar-refractivity contribution in [2.24, 2.45) is 29.6 Å². The standard InChI is InChI=1S/C58H104O35/c1-3-24-43(64)31(8-59)90-39(44(24)65)20-85-15-27-49(70)37(18-81-6-4-29-53(74)57(78)55(76)34(11-62)87-29)93-42(51(27)72)23-84-14-26-46(67)33(10-61)91-40(48(26)69)21-86-16-28-50(71)38(19-82-7-5-30-54(75)58(79)56(77)35(12-63)88-30)92-41(52(28)73)22-83-13-25-45(66)32(9-60)89-36(17-80-2)47(25)68/h24-79H,3-23H2,1-2H3/t24-,25-,26-,27-,28-,29+,30+,31?,32?,33?,34?,35?,36+,37?,38?,39+,40+,41+,42+,43+,44?,45+,46+,47?,48?,49+,50+,51?,52?,53?,54?,55-,56-,57+,58+/m1/s1. The van der Waals surface area contributed by atoms with Crippen LogP contribution in [0.4, 0.5) is 0 Å². The molecule has 7 heterocycles. The second kappa shape index (κ2) is 37.9. The van der Waals surface area contributed by atoms with E-state index in [9.17, 15) is 107 Å². The third-order valence-electron chi connectivity index (χ3n) is 19.3. The van der Waals surface area contributed by atoms with Gasteiger partial charge in [-0.1, -0.05) is 6.92 Å². The lowest BCUT2D eigenvalue weighted by Gasteiger charge is -2.45. The first-order valence-electron chi connectivity index (χ1n) is 32.0. The van der Waals surface area contributed by atoms with Gasteiger partial charge in [0.05, 0.1) is 179 Å². The molecule has 35 nitrogen and oxygen atoms in total. The van der Waals surface area contributed by atoms with Crippen molar-refractivity contribution in [2.75, 3.05) is 126 Å². The maximum atomic E-state index is 11.8. The highest BCUT2D eigenvalue weighted by atomic mass is 16.6. The lowest BCUT2D eigenvalue weighted by molar-refractivity contribution is -0.254. The van der Waals surface area contributed by atoms with Crippen molar-refractivity contribution in [3.05, 3.63) is 0 Å². The summed E-state index contributed by atoms with van der Waals surface area (Å²) >= 11 is 0. The molecule has 0 aliphatic carbocycles. The molecular weight excluding hydrogens is 1260 g/mol. The summed E-state index contributed by atoms with van der Waals surface area (Å²) in [6.45, 7) is -5.79. The third kappa shape index (κ3) is 19.4. The fourth-order valence-electron chi connectivity index (χ4n) is 13.5. The SMILES string of the molecule is CC[C@H]1C(O)[C@H](COC[C@H]2C(O)[C@H](COC[C@H]3C(O)[C@H](COC[C@H]4C(O)[C@H](COC[C@H]5C(O)[C@H](COC)OC(CO)[C@H]5O)OC(COCC[C@@H]5OC(CO)[C@@H](O)[C@@H](O)C5O)[C@H]4O)OC(CO)[C@H]3O)OC(COCC[C@@H]3OC(CO)[C@@H](O)[C@@H](O)C3O)[C@H]2O)OC(CO)[C@H]1O. The average molecular weight is 1360 g/mol. The van der Waals surface area contributed by atoms with Crippen molar-refractivity contribution in [2.45, 2.75) is 209 Å². The van der Waals surface area contributed by atoms with Gasteiger partial charge in [-0.05, 0) is 19.3 Å². The molecule has 93 heavy (non-hydrogen) atoms. The van der Waals surface area contributed by atoms with Crippen LogP contribution in [-0.4, -0.2) is 416 Å². The van der Waals surface area contributed by atoms with Crippen molar-refractivity contribution >= 4 is 0 Å². The number of aliphatic hydroxyl groups excluding tert-OH is 21. The largest absolute Gasteiger partial charge is 0.394 e. The number of aliphatic hydroxyl groups is 21. The number of hydrogen-bond donors (Lipinski definition) is 21. The molecule has 0 aromatic rings. The Labute approximate surface area is 537 Å². The molecule has 35 atom stereocenters. The lowest BCUT2D eigenvalue weighted by Crippen LogP contribution is -2.60. The van der Waals surface area contributed by atoms with E-state index in [2.05, 4.69) is 0 Å². The normalized spacial score (nSPS) is 46.8. The van der Waals surface area contributed by atoms with Crippen molar-refractivity contribution in [3.63, 3.8) is 0 Å². The molecule has 0 spiro atoms. The molecule has 35 heteroatoms. The van der Waals surface area contributed by atoms with Gasteiger partial charge in [0.15, 0.2) is 0 Å². The molecule has 0 aromatic carbocycles. The van der Waals surface area contributed by atoms with Crippen molar-refractivity contribution in [1.82, 2.24) is 0 Å². The minimum Gasteiger partial charge on any atom is -0.394 e. The molecule has 7 rings (SSSR count). The van der Waals surface area contributed by atoms with Crippen LogP contribution in [0.15, 0.2) is 0 Å². The van der Waals surface area contributed by atoms with E-state index in [-0.39, 0.29) is 65.7 Å². The molecule has 0 aromatic heterocycles. The van der Waals surface area contributed by atoms with Gasteiger partial charge in [0.1, 0.15) is 110 Å². The van der Waals surface area contributed by atoms with Crippen LogP contribution in [0.25, 0.3) is 0 Å². The Balaban J connectivity index is 0.984. The average Bonchev–Trinajstić information content (AvgIpc) is 1.16. The zero-order valence-corrected chi connectivity index (χ0v) is 52.2. The number of ether oxygens (including phenoxy) is 14. The van der Waals surface area contributed by atoms with Crippen molar-refractivity contribution in [1.29, 1.82) is 0 Å². The highest BCUT2D eigenvalue weighted by molar-refractivity contribution is 4.99. The topological polar surface area (TPSA) is 554 Å². The highest BCUT2D eigenvalue weighted by Gasteiger charge is 2.52. The fourth-order valence-corrected chi connectivity index (χ4v) is 13.5. The van der Waals surface area contributed by atoms with Crippen LogP contribution in [0.2, 0.25) is 0 Å². The quantitative estimate of drug-likeness (QED) is 0.0266. The highest BCUT2D eigenvalue weighted by Crippen LogP contribution is 2.35. The van der Waals surface area contributed by atoms with Crippen LogP contribution in [0.5, 0.6) is 0 Å². The van der Waals surface area contributed by atoms with Gasteiger partial charge in [0.2, 0.25) is 0 Å². The molecular formula is C58H104O35. The second-order valence-electron chi connectivity index (χ2n) is 25.3. The van der Waals surface area contributed by atoms with Crippen LogP contribution in [0.3, 0.4) is 0 Å². The third-order valence-corrected chi connectivity index (χ3v) is 19.3. The summed E-state index contributed by atoms with van der Waals surface area (Å²) in [5.74, 6) is -5.24. The maximum Gasteiger partial charge on any atom is 0.111 e. The number of hydrogen-bond acceptors (Lipinski definition) is 35. The van der Waals surface area contributed by atoms with Crippen LogP contribution in [0, 0.1) is 29.6 Å². The Morgan fingerprint density at radius 3 is 0.699 bits per heavy atom. The fraction of sp³-hybridized carbons (Fsp3) is 1.00. The molecule has 7 saturated heterocycles. The summed E-state index contributed by atoms with van der Waals surface area (Å²) in [5, 5.41) is 225. The van der Waals surface area contributed by atoms with Gasteiger partial charge >= 0.3 is 0 Å². The second-order valence-corrected chi connectivity index (χ2v) is 25.3. The van der Waals surface area contributed by atoms with E-state index in [0.717, 1.165) is 0 Å². The minimum atomic E-state index is -1.63. The molecule has 0 amide bonds. The van der Waals surface area contributed by atoms with Gasteiger partial charge in [-0.3, -0.25) is 0 Å². The van der Waals surface area contributed by atoms with E-state index < -0.39 is 279 Å². The molecule has 546 valence electrons. The Kier molecular flexibility index (Phi) is 32.1. The van der Waals surface area contributed by atoms with Crippen LogP contribution < -0.4 is 0 Å². The van der Waals surface area contributed by atoms with Gasteiger partial charge in [-0.2, -0.15) is 0 Å². The summed E-state index contributed by atoms with van der Waals surface area (Å²) in [6.07, 6.45) is -39.8. The van der Waals surface area contributed by atoms with Crippen molar-refractivity contribution in [3.8, 4) is 0 Å². The van der Waals surface area contributed by atoms with E-state index in [1.807, 2.05) is 0 Å². The van der Waals surface area contributed by atoms with Crippen LogP contribution in [0.1, 0.15) is 26.2 Å². The molecule has 7 aliphatic rings. The molecule has 7 fully saturated rings. The Bertz CT molecular complexity index is 2080. The van der Waals surface area contributed by atoms with Gasteiger partial charge < -0.3 is 174 Å². The first-order chi connectivity index (χ1) is 44.5. The van der Waals surface area contributed by atoms with Gasteiger partial charge in [0.25, 0.3) is 0 Å². The van der Waals surface area contributed by atoms with E-state index in [1.54, 1.807) is 6.92 Å². The van der Waals surface area contributed by atoms with Crippen LogP contribution >= 0.6 is 0 Å². The number of rotatable bonds is 34. The zero-order valence-electron chi connectivity index (χ0n) is 52.2. The molecule has 7 aliphatic heterocycles. The summed E-state index contributed by atoms with van der Waals surface area (Å²) in [6, 6.07) is 0. The molecule has 0 saturated carbocycles. The number of methoxy groups -OCH3 is 1. The van der Waals surface area contributed by atoms with E-state index in [1.165, 1.54) is 7.11 Å². The molecule has 0 radical (unpaired) electrons. The van der Waals surface area contributed by atoms with E-state index >= 15 is 0 Å². The first-order valence-corrected chi connectivity index (χ1v) is 32.0. The summed E-state index contributed by atoms with van der Waals surface area (Å²) < 4.78 is 81.3. The van der Waals surface area contributed by atoms with Gasteiger partial charge in [-0.25, -0.2) is 0 Å². The predicted molar refractivity (Wildman–Crippen MR) is 306 cm³/mol. The minimum absolute atomic E-state index is 0.0519.